The van der Waals surface area contributed by atoms with Gasteiger partial charge in [-0.25, -0.2) is 12.7 Å². The smallest absolute Gasteiger partial charge is 0.213 e. The predicted octanol–water partition coefficient (Wildman–Crippen LogP) is 0.542. The van der Waals surface area contributed by atoms with Crippen LogP contribution < -0.4 is 5.73 Å². The first kappa shape index (κ1) is 18.9. The third-order valence-corrected chi connectivity index (χ3v) is 5.10. The van der Waals surface area contributed by atoms with Crippen molar-refractivity contribution < 1.29 is 8.42 Å². The maximum absolute atomic E-state index is 11.5. The van der Waals surface area contributed by atoms with E-state index in [1.165, 1.54) is 4.31 Å². The Hall–Kier alpha value is -0.0900. The molecule has 1 aliphatic rings. The summed E-state index contributed by atoms with van der Waals surface area (Å²) < 4.78 is 24.6. The first-order valence-electron chi connectivity index (χ1n) is 6.47. The van der Waals surface area contributed by atoms with Crippen LogP contribution in [0.5, 0.6) is 0 Å². The Morgan fingerprint density at radius 1 is 1.32 bits per heavy atom. The zero-order valence-electron chi connectivity index (χ0n) is 11.9. The number of rotatable bonds is 6. The van der Waals surface area contributed by atoms with Crippen LogP contribution in [0.3, 0.4) is 0 Å². The second kappa shape index (κ2) is 8.25. The van der Waals surface area contributed by atoms with E-state index in [1.54, 1.807) is 6.92 Å². The van der Waals surface area contributed by atoms with Crippen LogP contribution >= 0.6 is 24.0 Å². The van der Waals surface area contributed by atoms with Crippen LogP contribution in [0.1, 0.15) is 20.8 Å². The first-order valence-corrected chi connectivity index (χ1v) is 8.08. The molecule has 1 fully saturated rings. The molecule has 0 atom stereocenters. The van der Waals surface area contributed by atoms with Crippen LogP contribution in [0.2, 0.25) is 0 Å². The molecule has 1 aliphatic heterocycles. The van der Waals surface area contributed by atoms with E-state index in [9.17, 15) is 8.42 Å². The van der Waals surface area contributed by atoms with E-state index < -0.39 is 10.0 Å². The lowest BCUT2D eigenvalue weighted by atomic mass is 10.0. The molecule has 1 saturated heterocycles. The Morgan fingerprint density at radius 2 is 1.84 bits per heavy atom. The van der Waals surface area contributed by atoms with E-state index in [0.717, 1.165) is 13.1 Å². The van der Waals surface area contributed by atoms with Crippen molar-refractivity contribution in [2.24, 2.45) is 16.6 Å². The van der Waals surface area contributed by atoms with Crippen molar-refractivity contribution in [3.8, 4) is 0 Å². The molecule has 0 aromatic rings. The highest BCUT2D eigenvalue weighted by molar-refractivity contribution is 14.0. The van der Waals surface area contributed by atoms with Crippen LogP contribution in [0, 0.1) is 5.92 Å². The van der Waals surface area contributed by atoms with Gasteiger partial charge in [-0.3, -0.25) is 4.99 Å². The summed E-state index contributed by atoms with van der Waals surface area (Å²) in [5.41, 5.74) is 5.86. The Labute approximate surface area is 133 Å². The first-order chi connectivity index (χ1) is 8.44. The van der Waals surface area contributed by atoms with Gasteiger partial charge in [0.2, 0.25) is 10.0 Å². The average molecular weight is 404 g/mol. The summed E-state index contributed by atoms with van der Waals surface area (Å²) >= 11 is 0. The van der Waals surface area contributed by atoms with Crippen molar-refractivity contribution in [2.45, 2.75) is 20.8 Å². The minimum Gasteiger partial charge on any atom is -0.370 e. The lowest BCUT2D eigenvalue weighted by molar-refractivity contribution is 0.207. The third kappa shape index (κ3) is 5.07. The molecule has 0 aliphatic carbocycles. The number of halogens is 1. The van der Waals surface area contributed by atoms with Gasteiger partial charge in [0.05, 0.1) is 5.75 Å². The summed E-state index contributed by atoms with van der Waals surface area (Å²) in [6, 6.07) is 0. The van der Waals surface area contributed by atoms with Gasteiger partial charge in [-0.05, 0) is 20.8 Å². The van der Waals surface area contributed by atoms with Crippen LogP contribution in [-0.2, 0) is 10.0 Å². The zero-order chi connectivity index (χ0) is 13.8. The van der Waals surface area contributed by atoms with Gasteiger partial charge >= 0.3 is 0 Å². The highest BCUT2D eigenvalue weighted by Crippen LogP contribution is 2.19. The number of hydrogen-bond donors (Lipinski definition) is 1. The van der Waals surface area contributed by atoms with Crippen molar-refractivity contribution in [1.82, 2.24) is 9.21 Å². The summed E-state index contributed by atoms with van der Waals surface area (Å²) in [6.45, 7) is 9.17. The lowest BCUT2D eigenvalue weighted by Crippen LogP contribution is -2.51. The van der Waals surface area contributed by atoms with Gasteiger partial charge in [-0.1, -0.05) is 0 Å². The topological polar surface area (TPSA) is 79.0 Å². The second-order valence-corrected chi connectivity index (χ2v) is 6.71. The molecule has 8 heteroatoms. The second-order valence-electron chi connectivity index (χ2n) is 4.45. The maximum atomic E-state index is 11.5. The molecule has 0 aromatic carbocycles. The van der Waals surface area contributed by atoms with Gasteiger partial charge in [0.25, 0.3) is 0 Å². The Bertz CT molecular complexity index is 389. The Morgan fingerprint density at radius 3 is 2.26 bits per heavy atom. The molecular formula is C11H25IN4O2S. The summed E-state index contributed by atoms with van der Waals surface area (Å²) in [4.78, 5) is 6.31. The van der Waals surface area contributed by atoms with Gasteiger partial charge < -0.3 is 10.6 Å². The molecule has 1 heterocycles. The molecule has 1 rings (SSSR count). The molecule has 0 radical (unpaired) electrons. The minimum atomic E-state index is -3.02. The monoisotopic (exact) mass is 404 g/mol. The van der Waals surface area contributed by atoms with E-state index in [-0.39, 0.29) is 29.7 Å². The van der Waals surface area contributed by atoms with E-state index in [2.05, 4.69) is 4.99 Å². The molecule has 0 unspecified atom stereocenters. The van der Waals surface area contributed by atoms with Crippen LogP contribution in [0.15, 0.2) is 4.99 Å². The van der Waals surface area contributed by atoms with E-state index >= 15 is 0 Å². The molecular weight excluding hydrogens is 379 g/mol. The van der Waals surface area contributed by atoms with Crippen molar-refractivity contribution in [3.63, 3.8) is 0 Å². The van der Waals surface area contributed by atoms with Crippen molar-refractivity contribution in [2.75, 3.05) is 38.5 Å². The fourth-order valence-electron chi connectivity index (χ4n) is 1.92. The third-order valence-electron chi connectivity index (χ3n) is 3.28. The number of aliphatic imine (C=N–C) groups is 1. The molecule has 2 N–H and O–H groups in total. The summed E-state index contributed by atoms with van der Waals surface area (Å²) in [5, 5.41) is 0. The fraction of sp³-hybridized carbons (Fsp3) is 0.909. The summed E-state index contributed by atoms with van der Waals surface area (Å²) in [7, 11) is -3.02. The molecule has 19 heavy (non-hydrogen) atoms. The van der Waals surface area contributed by atoms with Crippen LogP contribution in [0.4, 0.5) is 0 Å². The summed E-state index contributed by atoms with van der Waals surface area (Å²) in [5.74, 6) is 1.03. The van der Waals surface area contributed by atoms with E-state index in [0.29, 0.717) is 31.5 Å². The minimum absolute atomic E-state index is 0. The van der Waals surface area contributed by atoms with Crippen LogP contribution in [-0.4, -0.2) is 62.1 Å². The van der Waals surface area contributed by atoms with Gasteiger partial charge in [0.1, 0.15) is 0 Å². The molecule has 0 saturated carbocycles. The zero-order valence-corrected chi connectivity index (χ0v) is 15.0. The Balaban J connectivity index is 0.00000324. The number of nitrogens with zero attached hydrogens (tertiary/aromatic N) is 3. The quantitative estimate of drug-likeness (QED) is 0.398. The fourth-order valence-corrected chi connectivity index (χ4v) is 3.16. The predicted molar refractivity (Wildman–Crippen MR) is 89.3 cm³/mol. The van der Waals surface area contributed by atoms with Gasteiger partial charge in [-0.15, -0.1) is 24.0 Å². The highest BCUT2D eigenvalue weighted by Gasteiger charge is 2.34. The van der Waals surface area contributed by atoms with E-state index in [4.69, 9.17) is 5.73 Å². The number of sulfonamides is 1. The van der Waals surface area contributed by atoms with Crippen molar-refractivity contribution in [1.29, 1.82) is 0 Å². The molecule has 0 amide bonds. The van der Waals surface area contributed by atoms with E-state index in [1.807, 2.05) is 18.7 Å². The largest absolute Gasteiger partial charge is 0.370 e. The van der Waals surface area contributed by atoms with Crippen molar-refractivity contribution >= 4 is 40.0 Å². The molecule has 0 aromatic heterocycles. The molecule has 6 nitrogen and oxygen atoms in total. The number of nitrogens with two attached hydrogens (primary N) is 1. The number of hydrogen-bond acceptors (Lipinski definition) is 3. The van der Waals surface area contributed by atoms with Gasteiger partial charge in [0.15, 0.2) is 5.96 Å². The average Bonchev–Trinajstić information content (AvgIpc) is 2.28. The lowest BCUT2D eigenvalue weighted by Gasteiger charge is -2.37. The molecule has 0 bridgehead atoms. The van der Waals surface area contributed by atoms with Gasteiger partial charge in [0, 0.05) is 38.6 Å². The normalized spacial score (nSPS) is 17.7. The number of guanidine groups is 1. The Kier molecular flexibility index (Phi) is 8.21. The van der Waals surface area contributed by atoms with Crippen LogP contribution in [0.25, 0.3) is 0 Å². The molecule has 0 spiro atoms. The highest BCUT2D eigenvalue weighted by atomic mass is 127. The maximum Gasteiger partial charge on any atom is 0.213 e. The summed E-state index contributed by atoms with van der Waals surface area (Å²) in [6.07, 6.45) is 0. The van der Waals surface area contributed by atoms with Gasteiger partial charge in [-0.2, -0.15) is 0 Å². The SMILES string of the molecule is CCN(CC)C(N)=NCC1CN(S(=O)(=O)CC)C1.I. The standard InChI is InChI=1S/C11H24N4O2S.HI/c1-4-14(5-2)11(12)13-7-10-8-15(9-10)18(16,17)6-3;/h10H,4-9H2,1-3H3,(H2,12,13);1H. The molecule has 114 valence electrons. The van der Waals surface area contributed by atoms with Crippen molar-refractivity contribution in [3.05, 3.63) is 0 Å².